The first-order chi connectivity index (χ1) is 15.5. The number of ether oxygens (including phenoxy) is 1. The summed E-state index contributed by atoms with van der Waals surface area (Å²) in [5.74, 6) is -0.683. The Morgan fingerprint density at radius 2 is 1.84 bits per heavy atom. The molecule has 2 N–H and O–H groups in total. The lowest BCUT2D eigenvalue weighted by molar-refractivity contribution is -0.136. The van der Waals surface area contributed by atoms with E-state index < -0.39 is 11.8 Å². The summed E-state index contributed by atoms with van der Waals surface area (Å²) in [4.78, 5) is 29.7. The van der Waals surface area contributed by atoms with Crippen LogP contribution in [0.2, 0.25) is 0 Å². The van der Waals surface area contributed by atoms with Gasteiger partial charge in [0.05, 0.1) is 13.2 Å². The lowest BCUT2D eigenvalue weighted by Gasteiger charge is -2.35. The first kappa shape index (κ1) is 22.1. The fraction of sp³-hybridized carbons (Fsp3) is 0.440. The van der Waals surface area contributed by atoms with Crippen LogP contribution in [-0.2, 0) is 16.0 Å². The number of likely N-dealkylation sites (N-methyl/N-ethyl adjacent to an activating group) is 1. The molecule has 0 saturated carbocycles. The summed E-state index contributed by atoms with van der Waals surface area (Å²) in [5, 5.41) is 5.52. The number of methoxy groups -OCH3 is 1. The molecule has 1 atom stereocenters. The third-order valence-electron chi connectivity index (χ3n) is 6.44. The molecule has 170 valence electrons. The number of anilines is 2. The molecule has 0 radical (unpaired) electrons. The summed E-state index contributed by atoms with van der Waals surface area (Å²) in [5.41, 5.74) is 4.37. The Bertz CT molecular complexity index is 971. The first-order valence-corrected chi connectivity index (χ1v) is 11.4. The van der Waals surface area contributed by atoms with E-state index in [1.165, 1.54) is 23.2 Å². The molecule has 2 aromatic rings. The van der Waals surface area contributed by atoms with Crippen molar-refractivity contribution in [3.05, 3.63) is 53.6 Å². The number of hydrogen-bond acceptors (Lipinski definition) is 5. The molecule has 2 amide bonds. The van der Waals surface area contributed by atoms with Gasteiger partial charge in [-0.25, -0.2) is 0 Å². The van der Waals surface area contributed by atoms with E-state index in [1.807, 2.05) is 0 Å². The topological polar surface area (TPSA) is 73.9 Å². The zero-order valence-corrected chi connectivity index (χ0v) is 18.9. The zero-order valence-electron chi connectivity index (χ0n) is 18.9. The lowest BCUT2D eigenvalue weighted by Crippen LogP contribution is -2.43. The predicted molar refractivity (Wildman–Crippen MR) is 126 cm³/mol. The maximum Gasteiger partial charge on any atom is 0.313 e. The molecule has 0 bridgehead atoms. The van der Waals surface area contributed by atoms with Crippen molar-refractivity contribution in [1.29, 1.82) is 0 Å². The van der Waals surface area contributed by atoms with Gasteiger partial charge in [0.25, 0.3) is 0 Å². The van der Waals surface area contributed by atoms with Crippen LogP contribution in [0.1, 0.15) is 36.4 Å². The number of benzene rings is 2. The molecule has 7 heteroatoms. The van der Waals surface area contributed by atoms with Crippen LogP contribution < -0.4 is 20.3 Å². The van der Waals surface area contributed by atoms with Crippen molar-refractivity contribution >= 4 is 23.2 Å². The van der Waals surface area contributed by atoms with Gasteiger partial charge in [-0.15, -0.1) is 0 Å². The summed E-state index contributed by atoms with van der Waals surface area (Å²) in [6.07, 6.45) is 4.61. The maximum absolute atomic E-state index is 12.6. The Morgan fingerprint density at radius 3 is 2.62 bits per heavy atom. The van der Waals surface area contributed by atoms with Crippen molar-refractivity contribution in [3.63, 3.8) is 0 Å². The van der Waals surface area contributed by atoms with E-state index in [0.717, 1.165) is 38.9 Å². The van der Waals surface area contributed by atoms with Crippen LogP contribution in [0.15, 0.2) is 42.5 Å². The van der Waals surface area contributed by atoms with Crippen LogP contribution >= 0.6 is 0 Å². The number of likely N-dealkylation sites (tertiary alicyclic amines) is 1. The number of nitrogens with one attached hydrogen (secondary N) is 2. The third kappa shape index (κ3) is 5.05. The van der Waals surface area contributed by atoms with Crippen molar-refractivity contribution in [3.8, 4) is 5.75 Å². The van der Waals surface area contributed by atoms with Gasteiger partial charge in [0.1, 0.15) is 5.75 Å². The van der Waals surface area contributed by atoms with Crippen LogP contribution in [0.4, 0.5) is 11.4 Å². The zero-order chi connectivity index (χ0) is 22.5. The summed E-state index contributed by atoms with van der Waals surface area (Å²) >= 11 is 0. The SMILES string of the molecule is COc1cccc(NC(=O)C(=O)NC[C@@H](c2ccc3c(c2)CCN3C)N2CCCCC2)c1. The molecular weight excluding hydrogens is 404 g/mol. The Kier molecular flexibility index (Phi) is 6.95. The molecule has 1 fully saturated rings. The van der Waals surface area contributed by atoms with Gasteiger partial charge >= 0.3 is 11.8 Å². The second kappa shape index (κ2) is 10.0. The Hall–Kier alpha value is -3.06. The normalized spacial score (nSPS) is 16.9. The van der Waals surface area contributed by atoms with Crippen LogP contribution in [0, 0.1) is 0 Å². The van der Waals surface area contributed by atoms with Crippen LogP contribution in [0.5, 0.6) is 5.75 Å². The van der Waals surface area contributed by atoms with E-state index in [9.17, 15) is 9.59 Å². The first-order valence-electron chi connectivity index (χ1n) is 11.4. The van der Waals surface area contributed by atoms with Gasteiger partial charge in [0.2, 0.25) is 0 Å². The molecule has 4 rings (SSSR count). The van der Waals surface area contributed by atoms with Gasteiger partial charge in [-0.2, -0.15) is 0 Å². The number of hydrogen-bond donors (Lipinski definition) is 2. The molecule has 0 aliphatic carbocycles. The van der Waals surface area contributed by atoms with Crippen LogP contribution in [-0.4, -0.2) is 57.1 Å². The fourth-order valence-electron chi connectivity index (χ4n) is 4.64. The largest absolute Gasteiger partial charge is 0.497 e. The molecule has 2 aliphatic heterocycles. The van der Waals surface area contributed by atoms with Gasteiger partial charge in [-0.3, -0.25) is 14.5 Å². The number of nitrogens with zero attached hydrogens (tertiary/aromatic N) is 2. The van der Waals surface area contributed by atoms with E-state index in [1.54, 1.807) is 31.4 Å². The van der Waals surface area contributed by atoms with Crippen molar-refractivity contribution < 1.29 is 14.3 Å². The van der Waals surface area contributed by atoms with Gasteiger partial charge in [-0.1, -0.05) is 24.6 Å². The predicted octanol–water partition coefficient (Wildman–Crippen LogP) is 2.97. The average Bonchev–Trinajstić information content (AvgIpc) is 3.20. The minimum Gasteiger partial charge on any atom is -0.497 e. The van der Waals surface area contributed by atoms with Crippen LogP contribution in [0.3, 0.4) is 0 Å². The summed E-state index contributed by atoms with van der Waals surface area (Å²) in [6.45, 7) is 3.45. The maximum atomic E-state index is 12.6. The summed E-state index contributed by atoms with van der Waals surface area (Å²) in [6, 6.07) is 13.7. The average molecular weight is 437 g/mol. The van der Waals surface area contributed by atoms with Gasteiger partial charge in [0.15, 0.2) is 0 Å². The second-order valence-electron chi connectivity index (χ2n) is 8.57. The number of amides is 2. The number of piperidine rings is 1. The van der Waals surface area contributed by atoms with E-state index in [2.05, 4.69) is 45.7 Å². The number of carbonyl (C=O) groups excluding carboxylic acids is 2. The van der Waals surface area contributed by atoms with Crippen molar-refractivity contribution in [1.82, 2.24) is 10.2 Å². The lowest BCUT2D eigenvalue weighted by atomic mass is 9.98. The molecule has 0 spiro atoms. The number of rotatable bonds is 6. The monoisotopic (exact) mass is 436 g/mol. The molecule has 32 heavy (non-hydrogen) atoms. The Balaban J connectivity index is 1.44. The second-order valence-corrected chi connectivity index (χ2v) is 8.57. The quantitative estimate of drug-likeness (QED) is 0.681. The van der Waals surface area contributed by atoms with Crippen LogP contribution in [0.25, 0.3) is 0 Å². The third-order valence-corrected chi connectivity index (χ3v) is 6.44. The van der Waals surface area contributed by atoms with E-state index >= 15 is 0 Å². The van der Waals surface area contributed by atoms with Crippen molar-refractivity contribution in [2.75, 3.05) is 50.6 Å². The number of carbonyl (C=O) groups is 2. The Labute approximate surface area is 189 Å². The highest BCUT2D eigenvalue weighted by Crippen LogP contribution is 2.32. The number of fused-ring (bicyclic) bond motifs is 1. The van der Waals surface area contributed by atoms with Crippen molar-refractivity contribution in [2.45, 2.75) is 31.7 Å². The Morgan fingerprint density at radius 1 is 1.03 bits per heavy atom. The van der Waals surface area contributed by atoms with Gasteiger partial charge < -0.3 is 20.3 Å². The van der Waals surface area contributed by atoms with Crippen molar-refractivity contribution in [2.24, 2.45) is 0 Å². The summed E-state index contributed by atoms with van der Waals surface area (Å²) < 4.78 is 5.17. The molecule has 0 unspecified atom stereocenters. The summed E-state index contributed by atoms with van der Waals surface area (Å²) in [7, 11) is 3.68. The smallest absolute Gasteiger partial charge is 0.313 e. The van der Waals surface area contributed by atoms with E-state index in [4.69, 9.17) is 4.74 Å². The van der Waals surface area contributed by atoms with Gasteiger partial charge in [0, 0.05) is 37.6 Å². The molecule has 2 aromatic carbocycles. The molecule has 2 heterocycles. The molecule has 7 nitrogen and oxygen atoms in total. The highest BCUT2D eigenvalue weighted by Gasteiger charge is 2.26. The van der Waals surface area contributed by atoms with E-state index in [0.29, 0.717) is 18.0 Å². The van der Waals surface area contributed by atoms with Gasteiger partial charge in [-0.05, 0) is 61.7 Å². The highest BCUT2D eigenvalue weighted by atomic mass is 16.5. The minimum absolute atomic E-state index is 0.0556. The fourth-order valence-corrected chi connectivity index (χ4v) is 4.64. The molecular formula is C25H32N4O3. The molecule has 0 aromatic heterocycles. The molecule has 2 aliphatic rings. The highest BCUT2D eigenvalue weighted by molar-refractivity contribution is 6.39. The standard InChI is InChI=1S/C25H32N4O3/c1-28-14-11-19-15-18(9-10-22(19)28)23(29-12-4-3-5-13-29)17-26-24(30)25(31)27-20-7-6-8-21(16-20)32-2/h6-10,15-16,23H,3-5,11-14,17H2,1-2H3,(H,26,30)(H,27,31)/t23-/m0/s1. The van der Waals surface area contributed by atoms with E-state index in [-0.39, 0.29) is 6.04 Å². The molecule has 1 saturated heterocycles. The minimum atomic E-state index is -0.675.